The molecule has 2 heterocycles. The van der Waals surface area contributed by atoms with Gasteiger partial charge in [-0.15, -0.1) is 0 Å². The molecular weight excluding hydrogens is 295 g/mol. The lowest BCUT2D eigenvalue weighted by Crippen LogP contribution is -2.28. The number of likely N-dealkylation sites (tertiary alicyclic amines) is 1. The molecule has 1 aliphatic rings. The van der Waals surface area contributed by atoms with Gasteiger partial charge in [0.2, 0.25) is 5.95 Å². The van der Waals surface area contributed by atoms with Gasteiger partial charge in [0.1, 0.15) is 5.82 Å². The highest BCUT2D eigenvalue weighted by atomic mass is 19.1. The van der Waals surface area contributed by atoms with Crippen LogP contribution in [0.1, 0.15) is 24.6 Å². The first-order chi connectivity index (χ1) is 11.2. The highest BCUT2D eigenvalue weighted by Crippen LogP contribution is 2.36. The Hall–Kier alpha value is -2.05. The molecule has 0 saturated carbocycles. The molecule has 0 bridgehead atoms. The molecule has 1 aromatic heterocycles. The molecule has 1 fully saturated rings. The van der Waals surface area contributed by atoms with Crippen LogP contribution in [0.5, 0.6) is 0 Å². The Kier molecular flexibility index (Phi) is 4.83. The number of ether oxygens (including phenoxy) is 1. The summed E-state index contributed by atoms with van der Waals surface area (Å²) in [6.07, 6.45) is 3.87. The molecule has 0 spiro atoms. The fourth-order valence-corrected chi connectivity index (χ4v) is 3.13. The van der Waals surface area contributed by atoms with Gasteiger partial charge in [-0.2, -0.15) is 0 Å². The van der Waals surface area contributed by atoms with Gasteiger partial charge in [0.15, 0.2) is 0 Å². The van der Waals surface area contributed by atoms with E-state index in [1.807, 2.05) is 0 Å². The van der Waals surface area contributed by atoms with Crippen LogP contribution in [0.4, 0.5) is 10.3 Å². The quantitative estimate of drug-likeness (QED) is 0.918. The molecular formula is C17H21FN4O. The van der Waals surface area contributed by atoms with Crippen LogP contribution >= 0.6 is 0 Å². The molecule has 1 saturated heterocycles. The van der Waals surface area contributed by atoms with E-state index in [2.05, 4.69) is 14.9 Å². The van der Waals surface area contributed by atoms with Crippen molar-refractivity contribution in [3.8, 4) is 11.1 Å². The number of benzene rings is 1. The molecule has 0 aliphatic carbocycles. The molecule has 0 amide bonds. The Morgan fingerprint density at radius 3 is 2.87 bits per heavy atom. The lowest BCUT2D eigenvalue weighted by Gasteiger charge is -2.25. The number of hydrogen-bond donors (Lipinski definition) is 1. The molecule has 1 aliphatic heterocycles. The number of aromatic nitrogens is 2. The second-order valence-corrected chi connectivity index (χ2v) is 5.72. The molecule has 3 rings (SSSR count). The zero-order valence-corrected chi connectivity index (χ0v) is 13.2. The van der Waals surface area contributed by atoms with E-state index in [-0.39, 0.29) is 17.8 Å². The maximum absolute atomic E-state index is 13.2. The molecule has 2 N–H and O–H groups in total. The van der Waals surface area contributed by atoms with Crippen molar-refractivity contribution in [3.63, 3.8) is 0 Å². The van der Waals surface area contributed by atoms with Crippen LogP contribution in [0, 0.1) is 5.82 Å². The lowest BCUT2D eigenvalue weighted by molar-refractivity contribution is 0.140. The van der Waals surface area contributed by atoms with Crippen molar-refractivity contribution in [1.29, 1.82) is 0 Å². The maximum atomic E-state index is 13.2. The summed E-state index contributed by atoms with van der Waals surface area (Å²) in [6.45, 7) is 2.55. The molecule has 2 aromatic rings. The van der Waals surface area contributed by atoms with Crippen LogP contribution in [0.15, 0.2) is 30.5 Å². The molecule has 122 valence electrons. The number of hydrogen-bond acceptors (Lipinski definition) is 5. The van der Waals surface area contributed by atoms with Crippen molar-refractivity contribution >= 4 is 5.95 Å². The lowest BCUT2D eigenvalue weighted by atomic mass is 10.00. The van der Waals surface area contributed by atoms with Crippen LogP contribution in [0.3, 0.4) is 0 Å². The van der Waals surface area contributed by atoms with Gasteiger partial charge in [0.05, 0.1) is 18.3 Å². The van der Waals surface area contributed by atoms with Gasteiger partial charge in [0, 0.05) is 25.4 Å². The predicted octanol–water partition coefficient (Wildman–Crippen LogP) is 2.65. The summed E-state index contributed by atoms with van der Waals surface area (Å²) in [7, 11) is 1.71. The monoisotopic (exact) mass is 316 g/mol. The molecule has 1 atom stereocenters. The van der Waals surface area contributed by atoms with Gasteiger partial charge in [0.25, 0.3) is 0 Å². The summed E-state index contributed by atoms with van der Waals surface area (Å²) in [4.78, 5) is 11.0. The van der Waals surface area contributed by atoms with E-state index >= 15 is 0 Å². The molecule has 5 nitrogen and oxygen atoms in total. The summed E-state index contributed by atoms with van der Waals surface area (Å²) < 4.78 is 18.4. The number of nitrogens with two attached hydrogens (primary N) is 1. The Labute approximate surface area is 135 Å². The number of anilines is 1. The fraction of sp³-hybridized carbons (Fsp3) is 0.412. The Morgan fingerprint density at radius 1 is 1.35 bits per heavy atom. The fourth-order valence-electron chi connectivity index (χ4n) is 3.13. The van der Waals surface area contributed by atoms with E-state index < -0.39 is 0 Å². The average Bonchev–Trinajstić information content (AvgIpc) is 3.02. The minimum absolute atomic E-state index is 0.190. The molecule has 0 unspecified atom stereocenters. The van der Waals surface area contributed by atoms with E-state index in [0.717, 1.165) is 42.8 Å². The zero-order chi connectivity index (χ0) is 16.2. The van der Waals surface area contributed by atoms with E-state index in [9.17, 15) is 4.39 Å². The summed E-state index contributed by atoms with van der Waals surface area (Å²) in [6, 6.07) is 6.60. The first kappa shape index (κ1) is 15.8. The normalized spacial score (nSPS) is 18.4. The standard InChI is InChI=1S/C17H21FN4O/c1-23-10-9-22-8-2-3-15(22)16-14(11-20-17(19)21-16)12-4-6-13(18)7-5-12/h4-7,11,15H,2-3,8-10H2,1H3,(H2,19,20,21)/t15-/m1/s1. The average molecular weight is 316 g/mol. The number of nitrogens with zero attached hydrogens (tertiary/aromatic N) is 3. The zero-order valence-electron chi connectivity index (χ0n) is 13.2. The van der Waals surface area contributed by atoms with Gasteiger partial charge in [-0.1, -0.05) is 12.1 Å². The highest BCUT2D eigenvalue weighted by Gasteiger charge is 2.29. The predicted molar refractivity (Wildman–Crippen MR) is 87.3 cm³/mol. The van der Waals surface area contributed by atoms with Crippen LogP contribution in [0.25, 0.3) is 11.1 Å². The van der Waals surface area contributed by atoms with Crippen molar-refractivity contribution in [2.24, 2.45) is 0 Å². The Morgan fingerprint density at radius 2 is 2.13 bits per heavy atom. The third-order valence-corrected chi connectivity index (χ3v) is 4.25. The van der Waals surface area contributed by atoms with E-state index in [1.165, 1.54) is 12.1 Å². The second-order valence-electron chi connectivity index (χ2n) is 5.72. The third-order valence-electron chi connectivity index (χ3n) is 4.25. The molecule has 23 heavy (non-hydrogen) atoms. The van der Waals surface area contributed by atoms with Gasteiger partial charge >= 0.3 is 0 Å². The SMILES string of the molecule is COCCN1CCC[C@@H]1c1nc(N)ncc1-c1ccc(F)cc1. The van der Waals surface area contributed by atoms with Crippen LogP contribution in [-0.2, 0) is 4.74 Å². The number of halogens is 1. The third kappa shape index (κ3) is 3.48. The van der Waals surface area contributed by atoms with Gasteiger partial charge in [-0.3, -0.25) is 4.90 Å². The van der Waals surface area contributed by atoms with Crippen molar-refractivity contribution in [2.45, 2.75) is 18.9 Å². The highest BCUT2D eigenvalue weighted by molar-refractivity contribution is 5.66. The first-order valence-corrected chi connectivity index (χ1v) is 7.80. The van der Waals surface area contributed by atoms with Crippen LogP contribution in [0.2, 0.25) is 0 Å². The number of methoxy groups -OCH3 is 1. The second kappa shape index (κ2) is 7.02. The topological polar surface area (TPSA) is 64.3 Å². The van der Waals surface area contributed by atoms with Crippen LogP contribution < -0.4 is 5.73 Å². The van der Waals surface area contributed by atoms with Gasteiger partial charge in [-0.05, 0) is 37.1 Å². The van der Waals surface area contributed by atoms with E-state index in [4.69, 9.17) is 10.5 Å². The smallest absolute Gasteiger partial charge is 0.220 e. The summed E-state index contributed by atoms with van der Waals surface area (Å²) >= 11 is 0. The first-order valence-electron chi connectivity index (χ1n) is 7.80. The van der Waals surface area contributed by atoms with Crippen molar-refractivity contribution in [3.05, 3.63) is 42.0 Å². The minimum atomic E-state index is -0.255. The minimum Gasteiger partial charge on any atom is -0.383 e. The molecule has 6 heteroatoms. The Bertz CT molecular complexity index is 662. The van der Waals surface area contributed by atoms with Gasteiger partial charge < -0.3 is 10.5 Å². The van der Waals surface area contributed by atoms with E-state index in [0.29, 0.717) is 6.61 Å². The Balaban J connectivity index is 1.97. The summed E-state index contributed by atoms with van der Waals surface area (Å²) in [5, 5.41) is 0. The van der Waals surface area contributed by atoms with Crippen molar-refractivity contribution in [1.82, 2.24) is 14.9 Å². The van der Waals surface area contributed by atoms with E-state index in [1.54, 1.807) is 25.4 Å². The maximum Gasteiger partial charge on any atom is 0.220 e. The van der Waals surface area contributed by atoms with Crippen molar-refractivity contribution in [2.75, 3.05) is 32.5 Å². The van der Waals surface area contributed by atoms with Gasteiger partial charge in [-0.25, -0.2) is 14.4 Å². The number of rotatable bonds is 5. The largest absolute Gasteiger partial charge is 0.383 e. The summed E-state index contributed by atoms with van der Waals surface area (Å²) in [5.41, 5.74) is 8.55. The molecule has 1 aromatic carbocycles. The molecule has 0 radical (unpaired) electrons. The number of nitrogen functional groups attached to an aromatic ring is 1. The summed E-state index contributed by atoms with van der Waals surface area (Å²) in [5.74, 6) is 0.0127. The van der Waals surface area contributed by atoms with Crippen LogP contribution in [-0.4, -0.2) is 41.7 Å². The van der Waals surface area contributed by atoms with Crippen molar-refractivity contribution < 1.29 is 9.13 Å².